The summed E-state index contributed by atoms with van der Waals surface area (Å²) in [6.07, 6.45) is 2.55. The lowest BCUT2D eigenvalue weighted by Crippen LogP contribution is -2.45. The van der Waals surface area contributed by atoms with Crippen molar-refractivity contribution in [3.8, 4) is 0 Å². The number of likely N-dealkylation sites (N-methyl/N-ethyl adjacent to an activating group) is 1. The van der Waals surface area contributed by atoms with Crippen LogP contribution in [0.3, 0.4) is 0 Å². The molecule has 0 aromatic heterocycles. The number of nitrogens with zero attached hydrogens (tertiary/aromatic N) is 1. The van der Waals surface area contributed by atoms with Gasteiger partial charge in [0.2, 0.25) is 0 Å². The van der Waals surface area contributed by atoms with Gasteiger partial charge in [-0.25, -0.2) is 0 Å². The molecule has 1 atom stereocenters. The zero-order valence-electron chi connectivity index (χ0n) is 7.08. The van der Waals surface area contributed by atoms with E-state index in [9.17, 15) is 4.79 Å². The summed E-state index contributed by atoms with van der Waals surface area (Å²) in [6.45, 7) is 1.51. The van der Waals surface area contributed by atoms with Crippen molar-refractivity contribution in [3.63, 3.8) is 0 Å². The molecule has 0 saturated heterocycles. The third-order valence-corrected chi connectivity index (χ3v) is 2.33. The van der Waals surface area contributed by atoms with Crippen LogP contribution >= 0.6 is 0 Å². The van der Waals surface area contributed by atoms with Crippen LogP contribution in [0.25, 0.3) is 0 Å². The highest BCUT2D eigenvalue weighted by atomic mass is 16.3. The molecule has 1 aliphatic carbocycles. The van der Waals surface area contributed by atoms with Crippen LogP contribution in [-0.4, -0.2) is 35.1 Å². The predicted molar refractivity (Wildman–Crippen MR) is 42.1 cm³/mol. The van der Waals surface area contributed by atoms with Crippen molar-refractivity contribution in [2.45, 2.75) is 38.3 Å². The van der Waals surface area contributed by atoms with E-state index in [1.807, 2.05) is 0 Å². The van der Waals surface area contributed by atoms with Crippen molar-refractivity contribution < 1.29 is 9.90 Å². The average Bonchev–Trinajstić information content (AvgIpc) is 1.82. The second-order valence-corrected chi connectivity index (χ2v) is 3.21. The number of amides is 1. The molecule has 0 unspecified atom stereocenters. The molecule has 1 rings (SSSR count). The molecule has 1 amide bonds. The fraction of sp³-hybridized carbons (Fsp3) is 0.875. The summed E-state index contributed by atoms with van der Waals surface area (Å²) in [5, 5.41) is 8.97. The third kappa shape index (κ3) is 1.71. The average molecular weight is 157 g/mol. The Bertz CT molecular complexity index is 152. The van der Waals surface area contributed by atoms with Gasteiger partial charge in [0.1, 0.15) is 6.10 Å². The number of aliphatic hydroxyl groups excluding tert-OH is 1. The monoisotopic (exact) mass is 157 g/mol. The van der Waals surface area contributed by atoms with Crippen LogP contribution in [0.15, 0.2) is 0 Å². The van der Waals surface area contributed by atoms with Gasteiger partial charge in [0.25, 0.3) is 5.91 Å². The Balaban J connectivity index is 2.39. The summed E-state index contributed by atoms with van der Waals surface area (Å²) in [5.41, 5.74) is 0. The van der Waals surface area contributed by atoms with Gasteiger partial charge >= 0.3 is 0 Å². The summed E-state index contributed by atoms with van der Waals surface area (Å²) in [7, 11) is 1.76. The molecule has 0 bridgehead atoms. The number of hydrogen-bond donors (Lipinski definition) is 1. The number of hydrogen-bond acceptors (Lipinski definition) is 2. The molecule has 3 heteroatoms. The normalized spacial score (nSPS) is 20.6. The van der Waals surface area contributed by atoms with Crippen molar-refractivity contribution >= 4 is 5.91 Å². The second kappa shape index (κ2) is 3.22. The third-order valence-electron chi connectivity index (χ3n) is 2.33. The fourth-order valence-corrected chi connectivity index (χ4v) is 1.25. The molecule has 1 saturated carbocycles. The zero-order chi connectivity index (χ0) is 8.43. The standard InChI is InChI=1S/C8H15NO2/c1-6(10)8(11)9(2)7-4-3-5-7/h6-7,10H,3-5H2,1-2H3/t6-/m0/s1. The highest BCUT2D eigenvalue weighted by Gasteiger charge is 2.27. The molecule has 64 valence electrons. The zero-order valence-corrected chi connectivity index (χ0v) is 7.08. The van der Waals surface area contributed by atoms with Gasteiger partial charge in [-0.15, -0.1) is 0 Å². The lowest BCUT2D eigenvalue weighted by atomic mass is 9.91. The van der Waals surface area contributed by atoms with Crippen molar-refractivity contribution in [1.29, 1.82) is 0 Å². The summed E-state index contributed by atoms with van der Waals surface area (Å²) in [5.74, 6) is -0.158. The number of carbonyl (C=O) groups excluding carboxylic acids is 1. The quantitative estimate of drug-likeness (QED) is 0.629. The van der Waals surface area contributed by atoms with Gasteiger partial charge in [-0.3, -0.25) is 4.79 Å². The van der Waals surface area contributed by atoms with Crippen molar-refractivity contribution in [1.82, 2.24) is 4.90 Å². The molecule has 0 radical (unpaired) electrons. The van der Waals surface area contributed by atoms with E-state index in [2.05, 4.69) is 0 Å². The van der Waals surface area contributed by atoms with Gasteiger partial charge < -0.3 is 10.0 Å². The Labute approximate surface area is 67.0 Å². The minimum absolute atomic E-state index is 0.158. The molecule has 0 heterocycles. The van der Waals surface area contributed by atoms with Crippen LogP contribution in [0.5, 0.6) is 0 Å². The van der Waals surface area contributed by atoms with E-state index in [1.165, 1.54) is 13.3 Å². The Morgan fingerprint density at radius 1 is 1.64 bits per heavy atom. The lowest BCUT2D eigenvalue weighted by molar-refractivity contribution is -0.141. The molecule has 1 N–H and O–H groups in total. The highest BCUT2D eigenvalue weighted by molar-refractivity contribution is 5.80. The van der Waals surface area contributed by atoms with E-state index in [0.29, 0.717) is 6.04 Å². The Morgan fingerprint density at radius 2 is 2.18 bits per heavy atom. The van der Waals surface area contributed by atoms with Crippen LogP contribution in [0, 0.1) is 0 Å². The molecule has 0 aromatic rings. The minimum atomic E-state index is -0.847. The van der Waals surface area contributed by atoms with Crippen molar-refractivity contribution in [3.05, 3.63) is 0 Å². The second-order valence-electron chi connectivity index (χ2n) is 3.21. The highest BCUT2D eigenvalue weighted by Crippen LogP contribution is 2.23. The SMILES string of the molecule is C[C@H](O)C(=O)N(C)C1CCC1. The van der Waals surface area contributed by atoms with E-state index in [0.717, 1.165) is 12.8 Å². The first-order chi connectivity index (χ1) is 5.13. The topological polar surface area (TPSA) is 40.5 Å². The van der Waals surface area contributed by atoms with E-state index in [4.69, 9.17) is 5.11 Å². The van der Waals surface area contributed by atoms with Gasteiger partial charge in [0.15, 0.2) is 0 Å². The first-order valence-electron chi connectivity index (χ1n) is 4.07. The van der Waals surface area contributed by atoms with Crippen LogP contribution in [0.4, 0.5) is 0 Å². The van der Waals surface area contributed by atoms with E-state index in [1.54, 1.807) is 11.9 Å². The maximum Gasteiger partial charge on any atom is 0.251 e. The summed E-state index contributed by atoms with van der Waals surface area (Å²) >= 11 is 0. The van der Waals surface area contributed by atoms with Gasteiger partial charge in [-0.1, -0.05) is 0 Å². The first-order valence-corrected chi connectivity index (χ1v) is 4.07. The van der Waals surface area contributed by atoms with Crippen molar-refractivity contribution in [2.24, 2.45) is 0 Å². The number of aliphatic hydroxyl groups is 1. The molecule has 11 heavy (non-hydrogen) atoms. The van der Waals surface area contributed by atoms with Crippen molar-refractivity contribution in [2.75, 3.05) is 7.05 Å². The van der Waals surface area contributed by atoms with E-state index < -0.39 is 6.10 Å². The largest absolute Gasteiger partial charge is 0.384 e. The molecule has 0 aliphatic heterocycles. The van der Waals surface area contributed by atoms with Crippen LogP contribution in [0.1, 0.15) is 26.2 Å². The van der Waals surface area contributed by atoms with E-state index >= 15 is 0 Å². The lowest BCUT2D eigenvalue weighted by Gasteiger charge is -2.35. The number of carbonyl (C=O) groups is 1. The van der Waals surface area contributed by atoms with Crippen LogP contribution in [0.2, 0.25) is 0 Å². The van der Waals surface area contributed by atoms with Crippen LogP contribution < -0.4 is 0 Å². The molecule has 0 aromatic carbocycles. The Morgan fingerprint density at radius 3 is 2.45 bits per heavy atom. The molecule has 0 spiro atoms. The predicted octanol–water partition coefficient (Wildman–Crippen LogP) is 0.378. The molecular weight excluding hydrogens is 142 g/mol. The number of rotatable bonds is 2. The van der Waals surface area contributed by atoms with Crippen LogP contribution in [-0.2, 0) is 4.79 Å². The summed E-state index contributed by atoms with van der Waals surface area (Å²) in [6, 6.07) is 0.386. The summed E-state index contributed by atoms with van der Waals surface area (Å²) in [4.78, 5) is 12.8. The molecule has 3 nitrogen and oxygen atoms in total. The molecular formula is C8H15NO2. The Hall–Kier alpha value is -0.570. The molecule has 1 fully saturated rings. The molecule has 1 aliphatic rings. The van der Waals surface area contributed by atoms with Gasteiger partial charge in [-0.2, -0.15) is 0 Å². The maximum atomic E-state index is 11.2. The van der Waals surface area contributed by atoms with Gasteiger partial charge in [0.05, 0.1) is 0 Å². The van der Waals surface area contributed by atoms with E-state index in [-0.39, 0.29) is 5.91 Å². The van der Waals surface area contributed by atoms with Gasteiger partial charge in [-0.05, 0) is 26.2 Å². The Kier molecular flexibility index (Phi) is 2.49. The fourth-order valence-electron chi connectivity index (χ4n) is 1.25. The summed E-state index contributed by atoms with van der Waals surface area (Å²) < 4.78 is 0. The first kappa shape index (κ1) is 8.53. The van der Waals surface area contributed by atoms with Gasteiger partial charge in [0, 0.05) is 13.1 Å². The minimum Gasteiger partial charge on any atom is -0.384 e. The smallest absolute Gasteiger partial charge is 0.251 e. The maximum absolute atomic E-state index is 11.2.